The third-order valence-electron chi connectivity index (χ3n) is 1.43. The molecule has 5 heteroatoms. The van der Waals surface area contributed by atoms with E-state index < -0.39 is 17.8 Å². The van der Waals surface area contributed by atoms with Crippen molar-refractivity contribution in [2.45, 2.75) is 19.8 Å². The molecule has 11 heavy (non-hydrogen) atoms. The number of hydrogen-bond acceptors (Lipinski definition) is 3. The first-order chi connectivity index (χ1) is 5.11. The molecule has 1 atom stereocenters. The highest BCUT2D eigenvalue weighted by Gasteiger charge is 2.17. The minimum Gasteiger partial charge on any atom is -0.481 e. The Morgan fingerprint density at radius 1 is 1.64 bits per heavy atom. The van der Waals surface area contributed by atoms with Gasteiger partial charge in [-0.3, -0.25) is 15.0 Å². The maximum absolute atomic E-state index is 10.6. The molecule has 0 saturated heterocycles. The largest absolute Gasteiger partial charge is 0.481 e. The van der Waals surface area contributed by atoms with Gasteiger partial charge in [0.15, 0.2) is 0 Å². The highest BCUT2D eigenvalue weighted by molar-refractivity contribution is 5.81. The lowest BCUT2D eigenvalue weighted by atomic mass is 10.0. The van der Waals surface area contributed by atoms with E-state index in [0.29, 0.717) is 6.42 Å². The maximum atomic E-state index is 10.6. The molecule has 0 aromatic carbocycles. The van der Waals surface area contributed by atoms with E-state index in [0.717, 1.165) is 0 Å². The molecule has 1 amide bonds. The van der Waals surface area contributed by atoms with Crippen molar-refractivity contribution in [3.63, 3.8) is 0 Å². The summed E-state index contributed by atoms with van der Waals surface area (Å²) in [4.78, 5) is 20.9. The van der Waals surface area contributed by atoms with E-state index >= 15 is 0 Å². The van der Waals surface area contributed by atoms with Gasteiger partial charge in [-0.25, -0.2) is 5.84 Å². The van der Waals surface area contributed by atoms with Crippen molar-refractivity contribution >= 4 is 11.9 Å². The zero-order valence-corrected chi connectivity index (χ0v) is 6.33. The number of carboxylic acids is 1. The minimum atomic E-state index is -0.962. The Kier molecular flexibility index (Phi) is 4.21. The number of rotatable bonds is 4. The van der Waals surface area contributed by atoms with Gasteiger partial charge in [-0.1, -0.05) is 6.92 Å². The molecule has 0 aliphatic rings. The van der Waals surface area contributed by atoms with Crippen molar-refractivity contribution in [2.24, 2.45) is 11.8 Å². The molecule has 0 aliphatic heterocycles. The fourth-order valence-corrected chi connectivity index (χ4v) is 0.689. The average molecular weight is 160 g/mol. The molecular weight excluding hydrogens is 148 g/mol. The van der Waals surface area contributed by atoms with E-state index in [9.17, 15) is 9.59 Å². The SMILES string of the molecule is CCC(CC(=O)NN)C(=O)O. The first kappa shape index (κ1) is 9.90. The van der Waals surface area contributed by atoms with E-state index in [1.165, 1.54) is 0 Å². The lowest BCUT2D eigenvalue weighted by Crippen LogP contribution is -2.33. The fourth-order valence-electron chi connectivity index (χ4n) is 0.689. The molecule has 4 N–H and O–H groups in total. The molecule has 0 saturated carbocycles. The summed E-state index contributed by atoms with van der Waals surface area (Å²) in [5, 5.41) is 8.50. The zero-order valence-electron chi connectivity index (χ0n) is 6.33. The number of carbonyl (C=O) groups excluding carboxylic acids is 1. The number of amides is 1. The number of nitrogens with one attached hydrogen (secondary N) is 1. The molecule has 0 radical (unpaired) electrons. The number of nitrogens with two attached hydrogens (primary N) is 1. The van der Waals surface area contributed by atoms with E-state index in [2.05, 4.69) is 0 Å². The normalized spacial score (nSPS) is 12.2. The van der Waals surface area contributed by atoms with E-state index in [-0.39, 0.29) is 6.42 Å². The second kappa shape index (κ2) is 4.68. The van der Waals surface area contributed by atoms with Crippen LogP contribution in [0.3, 0.4) is 0 Å². The smallest absolute Gasteiger partial charge is 0.307 e. The van der Waals surface area contributed by atoms with Crippen LogP contribution in [0.1, 0.15) is 19.8 Å². The highest BCUT2D eigenvalue weighted by Crippen LogP contribution is 2.07. The van der Waals surface area contributed by atoms with E-state index in [4.69, 9.17) is 10.9 Å². The van der Waals surface area contributed by atoms with Gasteiger partial charge in [-0.2, -0.15) is 0 Å². The third-order valence-corrected chi connectivity index (χ3v) is 1.43. The second-order valence-corrected chi connectivity index (χ2v) is 2.22. The first-order valence-corrected chi connectivity index (χ1v) is 3.34. The van der Waals surface area contributed by atoms with Crippen LogP contribution < -0.4 is 11.3 Å². The highest BCUT2D eigenvalue weighted by atomic mass is 16.4. The first-order valence-electron chi connectivity index (χ1n) is 3.34. The Labute approximate surface area is 64.5 Å². The third kappa shape index (κ3) is 3.57. The number of hydrogen-bond donors (Lipinski definition) is 3. The van der Waals surface area contributed by atoms with Gasteiger partial charge < -0.3 is 5.11 Å². The van der Waals surface area contributed by atoms with Crippen LogP contribution in [0.15, 0.2) is 0 Å². The summed E-state index contributed by atoms with van der Waals surface area (Å²) in [6.07, 6.45) is 0.380. The van der Waals surface area contributed by atoms with Crippen molar-refractivity contribution in [1.82, 2.24) is 5.43 Å². The predicted molar refractivity (Wildman–Crippen MR) is 38.4 cm³/mol. The van der Waals surface area contributed by atoms with Gasteiger partial charge in [-0.15, -0.1) is 0 Å². The lowest BCUT2D eigenvalue weighted by Gasteiger charge is -2.06. The van der Waals surface area contributed by atoms with Crippen LogP contribution in [0, 0.1) is 5.92 Å². The summed E-state index contributed by atoms with van der Waals surface area (Å²) in [6, 6.07) is 0. The average Bonchev–Trinajstić information content (AvgIpc) is 1.99. The summed E-state index contributed by atoms with van der Waals surface area (Å²) >= 11 is 0. The lowest BCUT2D eigenvalue weighted by molar-refractivity contribution is -0.144. The van der Waals surface area contributed by atoms with Gasteiger partial charge in [0.2, 0.25) is 5.91 Å². The zero-order chi connectivity index (χ0) is 8.85. The quantitative estimate of drug-likeness (QED) is 0.293. The van der Waals surface area contributed by atoms with Gasteiger partial charge in [0.1, 0.15) is 0 Å². The van der Waals surface area contributed by atoms with Gasteiger partial charge in [0.25, 0.3) is 0 Å². The Morgan fingerprint density at radius 3 is 2.45 bits per heavy atom. The van der Waals surface area contributed by atoms with Crippen molar-refractivity contribution in [3.8, 4) is 0 Å². The number of aliphatic carboxylic acids is 1. The molecule has 0 aromatic rings. The number of carbonyl (C=O) groups is 2. The van der Waals surface area contributed by atoms with Crippen LogP contribution >= 0.6 is 0 Å². The minimum absolute atomic E-state index is 0.0532. The Morgan fingerprint density at radius 2 is 2.18 bits per heavy atom. The fraction of sp³-hybridized carbons (Fsp3) is 0.667. The molecule has 0 rings (SSSR count). The molecule has 0 bridgehead atoms. The van der Waals surface area contributed by atoms with Gasteiger partial charge in [-0.05, 0) is 6.42 Å². The predicted octanol–water partition coefficient (Wildman–Crippen LogP) is -0.523. The van der Waals surface area contributed by atoms with Crippen molar-refractivity contribution < 1.29 is 14.7 Å². The molecule has 0 heterocycles. The van der Waals surface area contributed by atoms with Crippen LogP contribution in [0.25, 0.3) is 0 Å². The van der Waals surface area contributed by atoms with E-state index in [1.807, 2.05) is 5.43 Å². The van der Waals surface area contributed by atoms with E-state index in [1.54, 1.807) is 6.92 Å². The topological polar surface area (TPSA) is 92.4 Å². The summed E-state index contributed by atoms with van der Waals surface area (Å²) < 4.78 is 0. The number of carboxylic acid groups (broad SMARTS) is 1. The molecule has 1 unspecified atom stereocenters. The van der Waals surface area contributed by atoms with Gasteiger partial charge in [0, 0.05) is 6.42 Å². The van der Waals surface area contributed by atoms with Crippen molar-refractivity contribution in [1.29, 1.82) is 0 Å². The molecule has 0 spiro atoms. The monoisotopic (exact) mass is 160 g/mol. The Bertz CT molecular complexity index is 158. The molecule has 0 aliphatic carbocycles. The van der Waals surface area contributed by atoms with Crippen LogP contribution in [0.5, 0.6) is 0 Å². The summed E-state index contributed by atoms with van der Waals surface area (Å²) in [5.41, 5.74) is 1.88. The molecule has 0 aromatic heterocycles. The second-order valence-electron chi connectivity index (χ2n) is 2.22. The molecule has 64 valence electrons. The van der Waals surface area contributed by atoms with Crippen LogP contribution in [0.2, 0.25) is 0 Å². The van der Waals surface area contributed by atoms with Gasteiger partial charge in [0.05, 0.1) is 5.92 Å². The van der Waals surface area contributed by atoms with Crippen LogP contribution in [0.4, 0.5) is 0 Å². The molecule has 0 fully saturated rings. The maximum Gasteiger partial charge on any atom is 0.307 e. The molecular formula is C6H12N2O3. The number of hydrazine groups is 1. The Hall–Kier alpha value is -1.10. The molecule has 5 nitrogen and oxygen atoms in total. The van der Waals surface area contributed by atoms with Crippen molar-refractivity contribution in [2.75, 3.05) is 0 Å². The van der Waals surface area contributed by atoms with Gasteiger partial charge >= 0.3 is 5.97 Å². The standard InChI is InChI=1S/C6H12N2O3/c1-2-4(6(10)11)3-5(9)8-7/h4H,2-3,7H2,1H3,(H,8,9)(H,10,11). The van der Waals surface area contributed by atoms with Crippen LogP contribution in [-0.4, -0.2) is 17.0 Å². The van der Waals surface area contributed by atoms with Crippen LogP contribution in [-0.2, 0) is 9.59 Å². The summed E-state index contributed by atoms with van der Waals surface area (Å²) in [6.45, 7) is 1.71. The Balaban J connectivity index is 3.88. The summed E-state index contributed by atoms with van der Waals surface area (Å²) in [7, 11) is 0. The van der Waals surface area contributed by atoms with Crippen molar-refractivity contribution in [3.05, 3.63) is 0 Å². The summed E-state index contributed by atoms with van der Waals surface area (Å²) in [5.74, 6) is 2.75.